The average molecular weight is 312 g/mol. The molecule has 1 aromatic rings. The van der Waals surface area contributed by atoms with E-state index in [0.717, 1.165) is 24.3 Å². The SMILES string of the molecule is COc1cc(Cl)cc(CNC2CC2)c1OCCC(C)(C)C. The molecule has 0 heterocycles. The first-order valence-electron chi connectivity index (χ1n) is 7.61. The van der Waals surface area contributed by atoms with Crippen LogP contribution >= 0.6 is 11.6 Å². The Kier molecular flexibility index (Phi) is 5.39. The number of hydrogen-bond acceptors (Lipinski definition) is 3. The number of ether oxygens (including phenoxy) is 2. The summed E-state index contributed by atoms with van der Waals surface area (Å²) in [4.78, 5) is 0. The fraction of sp³-hybridized carbons (Fsp3) is 0.647. The van der Waals surface area contributed by atoms with E-state index in [4.69, 9.17) is 21.1 Å². The maximum absolute atomic E-state index is 6.17. The van der Waals surface area contributed by atoms with E-state index >= 15 is 0 Å². The van der Waals surface area contributed by atoms with Gasteiger partial charge in [-0.15, -0.1) is 0 Å². The maximum Gasteiger partial charge on any atom is 0.165 e. The van der Waals surface area contributed by atoms with Crippen molar-refractivity contribution >= 4 is 11.6 Å². The summed E-state index contributed by atoms with van der Waals surface area (Å²) in [5, 5.41) is 4.19. The van der Waals surface area contributed by atoms with Gasteiger partial charge in [0.25, 0.3) is 0 Å². The average Bonchev–Trinajstić information content (AvgIpc) is 3.20. The van der Waals surface area contributed by atoms with Crippen LogP contribution in [-0.4, -0.2) is 19.8 Å². The third-order valence-electron chi connectivity index (χ3n) is 3.57. The standard InChI is InChI=1S/C17H26ClNO2/c1-17(2,3)7-8-21-16-12(11-19-14-5-6-14)9-13(18)10-15(16)20-4/h9-10,14,19H,5-8,11H2,1-4H3. The van der Waals surface area contributed by atoms with Crippen molar-refractivity contribution < 1.29 is 9.47 Å². The molecular formula is C17H26ClNO2. The Morgan fingerprint density at radius 2 is 2.00 bits per heavy atom. The molecule has 0 atom stereocenters. The largest absolute Gasteiger partial charge is 0.493 e. The van der Waals surface area contributed by atoms with Gasteiger partial charge < -0.3 is 14.8 Å². The fourth-order valence-corrected chi connectivity index (χ4v) is 2.30. The molecule has 1 fully saturated rings. The van der Waals surface area contributed by atoms with E-state index < -0.39 is 0 Å². The molecule has 0 amide bonds. The van der Waals surface area contributed by atoms with Crippen LogP contribution in [0.15, 0.2) is 12.1 Å². The molecule has 118 valence electrons. The first-order chi connectivity index (χ1) is 9.89. The molecule has 1 N–H and O–H groups in total. The van der Waals surface area contributed by atoms with Crippen molar-refractivity contribution in [1.82, 2.24) is 5.32 Å². The Morgan fingerprint density at radius 3 is 2.57 bits per heavy atom. The highest BCUT2D eigenvalue weighted by Gasteiger charge is 2.22. The molecule has 1 aliphatic rings. The zero-order valence-electron chi connectivity index (χ0n) is 13.5. The Balaban J connectivity index is 2.09. The van der Waals surface area contributed by atoms with E-state index in [1.54, 1.807) is 7.11 Å². The van der Waals surface area contributed by atoms with E-state index in [2.05, 4.69) is 26.1 Å². The fourth-order valence-electron chi connectivity index (χ4n) is 2.07. The minimum Gasteiger partial charge on any atom is -0.493 e. The molecule has 0 saturated heterocycles. The monoisotopic (exact) mass is 311 g/mol. The Labute approximate surface area is 133 Å². The van der Waals surface area contributed by atoms with Gasteiger partial charge in [0.1, 0.15) is 0 Å². The summed E-state index contributed by atoms with van der Waals surface area (Å²) in [6.45, 7) is 8.09. The number of hydrogen-bond donors (Lipinski definition) is 1. The van der Waals surface area contributed by atoms with Crippen LogP contribution < -0.4 is 14.8 Å². The second kappa shape index (κ2) is 6.89. The summed E-state index contributed by atoms with van der Waals surface area (Å²) >= 11 is 6.17. The summed E-state index contributed by atoms with van der Waals surface area (Å²) in [7, 11) is 1.65. The van der Waals surface area contributed by atoms with Crippen LogP contribution in [-0.2, 0) is 6.54 Å². The lowest BCUT2D eigenvalue weighted by Crippen LogP contribution is -2.17. The smallest absolute Gasteiger partial charge is 0.165 e. The van der Waals surface area contributed by atoms with Gasteiger partial charge in [-0.1, -0.05) is 32.4 Å². The highest BCUT2D eigenvalue weighted by molar-refractivity contribution is 6.30. The predicted molar refractivity (Wildman–Crippen MR) is 87.4 cm³/mol. The highest BCUT2D eigenvalue weighted by atomic mass is 35.5. The van der Waals surface area contributed by atoms with Crippen LogP contribution in [0, 0.1) is 5.41 Å². The molecule has 0 unspecified atom stereocenters. The molecule has 2 rings (SSSR count). The third kappa shape index (κ3) is 5.40. The molecule has 0 spiro atoms. The number of benzene rings is 1. The van der Waals surface area contributed by atoms with Crippen molar-refractivity contribution in [3.05, 3.63) is 22.7 Å². The normalized spacial score (nSPS) is 15.1. The van der Waals surface area contributed by atoms with E-state index in [-0.39, 0.29) is 5.41 Å². The number of methoxy groups -OCH3 is 1. The van der Waals surface area contributed by atoms with Gasteiger partial charge in [0.15, 0.2) is 11.5 Å². The Morgan fingerprint density at radius 1 is 1.29 bits per heavy atom. The van der Waals surface area contributed by atoms with Gasteiger partial charge in [0, 0.05) is 29.2 Å². The van der Waals surface area contributed by atoms with Gasteiger partial charge in [-0.25, -0.2) is 0 Å². The number of nitrogens with one attached hydrogen (secondary N) is 1. The lowest BCUT2D eigenvalue weighted by atomic mass is 9.93. The molecule has 4 heteroatoms. The molecule has 21 heavy (non-hydrogen) atoms. The zero-order chi connectivity index (χ0) is 15.5. The third-order valence-corrected chi connectivity index (χ3v) is 3.79. The van der Waals surface area contributed by atoms with Crippen molar-refractivity contribution in [2.45, 2.75) is 52.6 Å². The van der Waals surface area contributed by atoms with E-state index in [0.29, 0.717) is 23.4 Å². The van der Waals surface area contributed by atoms with Gasteiger partial charge in [-0.2, -0.15) is 0 Å². The molecule has 0 aliphatic heterocycles. The molecule has 0 aromatic heterocycles. The van der Waals surface area contributed by atoms with Gasteiger partial charge >= 0.3 is 0 Å². The van der Waals surface area contributed by atoms with Crippen molar-refractivity contribution in [3.8, 4) is 11.5 Å². The Bertz CT molecular complexity index is 478. The number of rotatable bonds is 7. The summed E-state index contributed by atoms with van der Waals surface area (Å²) in [6, 6.07) is 4.43. The summed E-state index contributed by atoms with van der Waals surface area (Å²) < 4.78 is 11.5. The lowest BCUT2D eigenvalue weighted by Gasteiger charge is -2.20. The topological polar surface area (TPSA) is 30.5 Å². The van der Waals surface area contributed by atoms with E-state index in [9.17, 15) is 0 Å². The summed E-state index contributed by atoms with van der Waals surface area (Å²) in [5.74, 6) is 1.53. The van der Waals surface area contributed by atoms with Crippen LogP contribution in [0.2, 0.25) is 5.02 Å². The van der Waals surface area contributed by atoms with Gasteiger partial charge in [0.05, 0.1) is 13.7 Å². The van der Waals surface area contributed by atoms with Crippen molar-refractivity contribution in [3.63, 3.8) is 0 Å². The van der Waals surface area contributed by atoms with Gasteiger partial charge in [-0.05, 0) is 30.7 Å². The quantitative estimate of drug-likeness (QED) is 0.808. The second-order valence-corrected chi connectivity index (χ2v) is 7.35. The Hall–Kier alpha value is -0.930. The maximum atomic E-state index is 6.17. The molecule has 0 radical (unpaired) electrons. The molecular weight excluding hydrogens is 286 g/mol. The minimum atomic E-state index is 0.256. The van der Waals surface area contributed by atoms with Crippen LogP contribution in [0.4, 0.5) is 0 Å². The summed E-state index contributed by atoms with van der Waals surface area (Å²) in [6.07, 6.45) is 3.52. The van der Waals surface area contributed by atoms with Crippen LogP contribution in [0.1, 0.15) is 45.6 Å². The van der Waals surface area contributed by atoms with Gasteiger partial charge in [-0.3, -0.25) is 0 Å². The molecule has 1 aliphatic carbocycles. The lowest BCUT2D eigenvalue weighted by molar-refractivity contribution is 0.232. The van der Waals surface area contributed by atoms with Crippen LogP contribution in [0.3, 0.4) is 0 Å². The van der Waals surface area contributed by atoms with Crippen molar-refractivity contribution in [1.29, 1.82) is 0 Å². The van der Waals surface area contributed by atoms with E-state index in [1.807, 2.05) is 12.1 Å². The van der Waals surface area contributed by atoms with Crippen LogP contribution in [0.25, 0.3) is 0 Å². The first-order valence-corrected chi connectivity index (χ1v) is 7.99. The van der Waals surface area contributed by atoms with Gasteiger partial charge in [0.2, 0.25) is 0 Å². The number of halogens is 1. The molecule has 3 nitrogen and oxygen atoms in total. The highest BCUT2D eigenvalue weighted by Crippen LogP contribution is 2.36. The molecule has 1 aromatic carbocycles. The second-order valence-electron chi connectivity index (χ2n) is 6.91. The summed E-state index contributed by atoms with van der Waals surface area (Å²) in [5.41, 5.74) is 1.33. The van der Waals surface area contributed by atoms with Crippen molar-refractivity contribution in [2.24, 2.45) is 5.41 Å². The molecule has 1 saturated carbocycles. The zero-order valence-corrected chi connectivity index (χ0v) is 14.2. The predicted octanol–water partition coefficient (Wildman–Crippen LogP) is 4.42. The minimum absolute atomic E-state index is 0.256. The first kappa shape index (κ1) is 16.4. The van der Waals surface area contributed by atoms with Crippen LogP contribution in [0.5, 0.6) is 11.5 Å². The van der Waals surface area contributed by atoms with E-state index in [1.165, 1.54) is 12.8 Å². The van der Waals surface area contributed by atoms with Crippen molar-refractivity contribution in [2.75, 3.05) is 13.7 Å². The molecule has 0 bridgehead atoms.